The Hall–Kier alpha value is -3.87. The Morgan fingerprint density at radius 3 is 2.32 bits per heavy atom. The number of halogens is 1. The highest BCUT2D eigenvalue weighted by molar-refractivity contribution is 6.13. The molecule has 2 saturated heterocycles. The summed E-state index contributed by atoms with van der Waals surface area (Å²) in [6.45, 7) is 3.60. The van der Waals surface area contributed by atoms with Gasteiger partial charge in [0.05, 0.1) is 11.3 Å². The Labute approximate surface area is 222 Å². The summed E-state index contributed by atoms with van der Waals surface area (Å²) >= 11 is 0. The zero-order valence-corrected chi connectivity index (χ0v) is 21.4. The smallest absolute Gasteiger partial charge is 0.280 e. The number of carbonyl (C=O) groups is 2. The molecule has 1 spiro atoms. The van der Waals surface area contributed by atoms with Crippen LogP contribution in [0.1, 0.15) is 63.9 Å². The predicted octanol–water partition coefficient (Wildman–Crippen LogP) is 5.32. The molecule has 0 bridgehead atoms. The van der Waals surface area contributed by atoms with Crippen molar-refractivity contribution in [1.29, 1.82) is 0 Å². The molecule has 0 atom stereocenters. The number of rotatable bonds is 3. The van der Waals surface area contributed by atoms with Crippen molar-refractivity contribution in [3.63, 3.8) is 0 Å². The van der Waals surface area contributed by atoms with E-state index < -0.39 is 11.7 Å². The van der Waals surface area contributed by atoms with E-state index in [1.165, 1.54) is 17.8 Å². The van der Waals surface area contributed by atoms with E-state index in [2.05, 4.69) is 27.0 Å². The lowest BCUT2D eigenvalue weighted by atomic mass is 9.71. The van der Waals surface area contributed by atoms with Gasteiger partial charge in [-0.1, -0.05) is 18.2 Å². The third-order valence-corrected chi connectivity index (χ3v) is 8.60. The van der Waals surface area contributed by atoms with Gasteiger partial charge in [-0.2, -0.15) is 0 Å². The molecule has 2 fully saturated rings. The largest absolute Gasteiger partial charge is 0.371 e. The topological polar surface area (TPSA) is 65.9 Å². The summed E-state index contributed by atoms with van der Waals surface area (Å²) in [5, 5.41) is 0. The first-order chi connectivity index (χ1) is 18.5. The molecule has 1 aromatic heterocycles. The average Bonchev–Trinajstić information content (AvgIpc) is 3.36. The van der Waals surface area contributed by atoms with E-state index in [0.717, 1.165) is 69.4 Å². The molecule has 0 saturated carbocycles. The van der Waals surface area contributed by atoms with Crippen LogP contribution in [-0.4, -0.2) is 53.6 Å². The van der Waals surface area contributed by atoms with Gasteiger partial charge in [0.1, 0.15) is 5.82 Å². The molecule has 6 rings (SSSR count). The number of pyridine rings is 1. The first-order valence-corrected chi connectivity index (χ1v) is 13.5. The van der Waals surface area contributed by atoms with Gasteiger partial charge < -0.3 is 9.80 Å². The highest BCUT2D eigenvalue weighted by Gasteiger charge is 2.39. The maximum atomic E-state index is 14.1. The van der Waals surface area contributed by atoms with E-state index in [1.54, 1.807) is 12.1 Å². The van der Waals surface area contributed by atoms with Crippen LogP contribution in [0.15, 0.2) is 72.0 Å². The Morgan fingerprint density at radius 2 is 1.58 bits per heavy atom. The van der Waals surface area contributed by atoms with Crippen molar-refractivity contribution in [3.05, 3.63) is 95.1 Å². The molecule has 3 aromatic rings. The fourth-order valence-electron chi connectivity index (χ4n) is 6.18. The van der Waals surface area contributed by atoms with Crippen LogP contribution in [0.3, 0.4) is 0 Å². The Bertz CT molecular complexity index is 1390. The van der Waals surface area contributed by atoms with Crippen molar-refractivity contribution in [3.8, 4) is 0 Å². The molecule has 3 aliphatic rings. The summed E-state index contributed by atoms with van der Waals surface area (Å²) in [5.74, 6) is -1.13. The van der Waals surface area contributed by atoms with Crippen molar-refractivity contribution in [2.75, 3.05) is 31.1 Å². The SMILES string of the molecule is O=C(N=C1CCc2ccc(C(=O)N3CCC4(CC3)CCN(c3ccncc3)CC4)cc21)c1ccccc1F. The standard InChI is InChI=1S/C31H31FN4O2/c32-27-4-2-1-3-25(27)29(37)34-28-8-7-22-5-6-23(21-26(22)28)30(38)36-19-13-31(14-20-36)11-17-35(18-12-31)24-9-15-33-16-10-24/h1-6,9-10,15-16,21H,7-8,11-14,17-20H2. The molecule has 38 heavy (non-hydrogen) atoms. The Balaban J connectivity index is 1.11. The molecular formula is C31H31FN4O2. The van der Waals surface area contributed by atoms with E-state index in [9.17, 15) is 14.0 Å². The van der Waals surface area contributed by atoms with Crippen molar-refractivity contribution in [1.82, 2.24) is 9.88 Å². The molecular weight excluding hydrogens is 479 g/mol. The Morgan fingerprint density at radius 1 is 0.868 bits per heavy atom. The van der Waals surface area contributed by atoms with E-state index in [0.29, 0.717) is 23.1 Å². The van der Waals surface area contributed by atoms with Gasteiger partial charge in [0, 0.05) is 55.4 Å². The highest BCUT2D eigenvalue weighted by atomic mass is 19.1. The lowest BCUT2D eigenvalue weighted by Gasteiger charge is -2.47. The minimum atomic E-state index is -0.584. The first-order valence-electron chi connectivity index (χ1n) is 13.5. The summed E-state index contributed by atoms with van der Waals surface area (Å²) < 4.78 is 14.1. The van der Waals surface area contributed by atoms with Crippen LogP contribution in [0.4, 0.5) is 10.1 Å². The van der Waals surface area contributed by atoms with Crippen LogP contribution >= 0.6 is 0 Å². The number of aryl methyl sites for hydroxylation is 1. The third kappa shape index (κ3) is 4.73. The number of hydrogen-bond acceptors (Lipinski definition) is 4. The van der Waals surface area contributed by atoms with Crippen LogP contribution in [0.25, 0.3) is 0 Å². The van der Waals surface area contributed by atoms with Gasteiger partial charge in [0.2, 0.25) is 0 Å². The quantitative estimate of drug-likeness (QED) is 0.479. The lowest BCUT2D eigenvalue weighted by Crippen LogP contribution is -2.48. The van der Waals surface area contributed by atoms with Gasteiger partial charge in [-0.05, 0) is 85.9 Å². The molecule has 2 aromatic carbocycles. The molecule has 7 heteroatoms. The summed E-state index contributed by atoms with van der Waals surface area (Å²) in [6.07, 6.45) is 9.40. The number of anilines is 1. The number of piperidine rings is 2. The van der Waals surface area contributed by atoms with Crippen LogP contribution in [0, 0.1) is 11.2 Å². The van der Waals surface area contributed by atoms with Crippen molar-refractivity contribution < 1.29 is 14.0 Å². The minimum absolute atomic E-state index is 0.0311. The minimum Gasteiger partial charge on any atom is -0.371 e. The average molecular weight is 511 g/mol. The summed E-state index contributed by atoms with van der Waals surface area (Å²) in [4.78, 5) is 38.9. The molecule has 2 amide bonds. The van der Waals surface area contributed by atoms with Gasteiger partial charge in [-0.25, -0.2) is 9.38 Å². The molecule has 1 aliphatic carbocycles. The molecule has 0 unspecified atom stereocenters. The first kappa shape index (κ1) is 24.5. The maximum absolute atomic E-state index is 14.1. The second kappa shape index (κ2) is 10.1. The normalized spacial score (nSPS) is 19.6. The number of aliphatic imine (C=N–C) groups is 1. The van der Waals surface area contributed by atoms with Crippen LogP contribution in [-0.2, 0) is 6.42 Å². The molecule has 194 valence electrons. The maximum Gasteiger partial charge on any atom is 0.280 e. The van der Waals surface area contributed by atoms with Crippen molar-refractivity contribution >= 4 is 23.2 Å². The summed E-state index contributed by atoms with van der Waals surface area (Å²) in [7, 11) is 0. The summed E-state index contributed by atoms with van der Waals surface area (Å²) in [6, 6.07) is 15.8. The van der Waals surface area contributed by atoms with Crippen molar-refractivity contribution in [2.45, 2.75) is 38.5 Å². The molecule has 0 N–H and O–H groups in total. The third-order valence-electron chi connectivity index (χ3n) is 8.60. The number of hydrogen-bond donors (Lipinski definition) is 0. The highest BCUT2D eigenvalue weighted by Crippen LogP contribution is 2.42. The van der Waals surface area contributed by atoms with E-state index in [1.807, 2.05) is 35.5 Å². The van der Waals surface area contributed by atoms with E-state index in [-0.39, 0.29) is 11.5 Å². The predicted molar refractivity (Wildman–Crippen MR) is 145 cm³/mol. The number of nitrogens with zero attached hydrogens (tertiary/aromatic N) is 4. The number of aromatic nitrogens is 1. The monoisotopic (exact) mass is 510 g/mol. The van der Waals surface area contributed by atoms with Gasteiger partial charge in [-0.15, -0.1) is 0 Å². The number of benzene rings is 2. The van der Waals surface area contributed by atoms with Crippen LogP contribution in [0.2, 0.25) is 0 Å². The fourth-order valence-corrected chi connectivity index (χ4v) is 6.18. The van der Waals surface area contributed by atoms with Crippen LogP contribution in [0.5, 0.6) is 0 Å². The lowest BCUT2D eigenvalue weighted by molar-refractivity contribution is 0.0515. The number of fused-ring (bicyclic) bond motifs is 1. The zero-order valence-electron chi connectivity index (χ0n) is 21.4. The number of carbonyl (C=O) groups excluding carboxylic acids is 2. The fraction of sp³-hybridized carbons (Fsp3) is 0.355. The molecule has 3 heterocycles. The van der Waals surface area contributed by atoms with Gasteiger partial charge in [0.25, 0.3) is 11.8 Å². The summed E-state index contributed by atoms with van der Waals surface area (Å²) in [5.41, 5.74) is 4.66. The number of likely N-dealkylation sites (tertiary alicyclic amines) is 1. The molecule has 0 radical (unpaired) electrons. The second-order valence-corrected chi connectivity index (χ2v) is 10.7. The van der Waals surface area contributed by atoms with Gasteiger partial charge in [-0.3, -0.25) is 14.6 Å². The molecule has 6 nitrogen and oxygen atoms in total. The van der Waals surface area contributed by atoms with E-state index in [4.69, 9.17) is 0 Å². The Kier molecular flexibility index (Phi) is 6.52. The van der Waals surface area contributed by atoms with E-state index >= 15 is 0 Å². The zero-order chi connectivity index (χ0) is 26.1. The number of amides is 2. The van der Waals surface area contributed by atoms with Gasteiger partial charge >= 0.3 is 0 Å². The molecule has 2 aliphatic heterocycles. The van der Waals surface area contributed by atoms with Crippen molar-refractivity contribution in [2.24, 2.45) is 10.4 Å². The van der Waals surface area contributed by atoms with Crippen LogP contribution < -0.4 is 4.90 Å². The second-order valence-electron chi connectivity index (χ2n) is 10.7. The van der Waals surface area contributed by atoms with Gasteiger partial charge in [0.15, 0.2) is 0 Å².